The zero-order chi connectivity index (χ0) is 8.27. The molecule has 0 saturated carbocycles. The van der Waals surface area contributed by atoms with Crippen molar-refractivity contribution in [3.05, 3.63) is 36.2 Å². The molecule has 0 spiro atoms. The van der Waals surface area contributed by atoms with Gasteiger partial charge in [-0.1, -0.05) is 28.6 Å². The van der Waals surface area contributed by atoms with Crippen LogP contribution in [-0.4, -0.2) is 10.3 Å². The van der Waals surface area contributed by atoms with E-state index in [-0.39, 0.29) is 0 Å². The van der Waals surface area contributed by atoms with Gasteiger partial charge in [-0.05, 0) is 24.1 Å². The summed E-state index contributed by atoms with van der Waals surface area (Å²) in [6.07, 6.45) is 1.85. The number of rotatable bonds is 2. The molecule has 1 rings (SSSR count). The van der Waals surface area contributed by atoms with Crippen molar-refractivity contribution in [2.75, 3.05) is 5.33 Å². The summed E-state index contributed by atoms with van der Waals surface area (Å²) in [6, 6.07) is 4.02. The van der Waals surface area contributed by atoms with E-state index in [0.717, 1.165) is 22.2 Å². The number of aryl methyl sites for hydroxylation is 1. The first-order valence-electron chi connectivity index (χ1n) is 3.41. The Balaban J connectivity index is 2.90. The Bertz CT molecular complexity index is 251. The van der Waals surface area contributed by atoms with E-state index < -0.39 is 0 Å². The van der Waals surface area contributed by atoms with Crippen LogP contribution in [0.25, 0.3) is 5.57 Å². The summed E-state index contributed by atoms with van der Waals surface area (Å²) in [4.78, 5) is 4.17. The number of allylic oxidation sites excluding steroid dienone is 1. The molecular formula is C9H10BrN. The lowest BCUT2D eigenvalue weighted by Gasteiger charge is -2.00. The molecule has 1 heterocycles. The van der Waals surface area contributed by atoms with Crippen LogP contribution in [0, 0.1) is 6.92 Å². The van der Waals surface area contributed by atoms with Crippen molar-refractivity contribution in [1.29, 1.82) is 0 Å². The van der Waals surface area contributed by atoms with Crippen molar-refractivity contribution >= 4 is 21.5 Å². The van der Waals surface area contributed by atoms with E-state index in [1.54, 1.807) is 0 Å². The molecule has 0 aromatic carbocycles. The lowest BCUT2D eigenvalue weighted by atomic mass is 10.1. The third kappa shape index (κ3) is 2.15. The lowest BCUT2D eigenvalue weighted by Crippen LogP contribution is -1.86. The summed E-state index contributed by atoms with van der Waals surface area (Å²) in [7, 11) is 0. The van der Waals surface area contributed by atoms with E-state index in [9.17, 15) is 0 Å². The van der Waals surface area contributed by atoms with E-state index in [0.29, 0.717) is 0 Å². The van der Waals surface area contributed by atoms with E-state index in [1.165, 1.54) is 0 Å². The van der Waals surface area contributed by atoms with Crippen LogP contribution in [0.4, 0.5) is 0 Å². The van der Waals surface area contributed by atoms with Gasteiger partial charge in [0.2, 0.25) is 0 Å². The Hall–Kier alpha value is -0.630. The van der Waals surface area contributed by atoms with Gasteiger partial charge in [0.25, 0.3) is 0 Å². The average Bonchev–Trinajstić information content (AvgIpc) is 2.05. The zero-order valence-electron chi connectivity index (χ0n) is 6.47. The topological polar surface area (TPSA) is 12.9 Å². The number of aromatic nitrogens is 1. The number of nitrogens with zero attached hydrogens (tertiary/aromatic N) is 1. The standard InChI is InChI=1S/C9H10BrN/c1-7(5-10)9-4-3-8(2)11-6-9/h3-4,6H,1,5H2,2H3. The molecule has 0 aliphatic heterocycles. The molecule has 0 saturated heterocycles. The smallest absolute Gasteiger partial charge is 0.0373 e. The van der Waals surface area contributed by atoms with Gasteiger partial charge < -0.3 is 0 Å². The first-order valence-corrected chi connectivity index (χ1v) is 4.53. The summed E-state index contributed by atoms with van der Waals surface area (Å²) in [5.41, 5.74) is 3.21. The number of pyridine rings is 1. The van der Waals surface area contributed by atoms with Crippen LogP contribution in [0.5, 0.6) is 0 Å². The first-order chi connectivity index (χ1) is 5.24. The fourth-order valence-electron chi connectivity index (χ4n) is 0.754. The van der Waals surface area contributed by atoms with Gasteiger partial charge in [-0.3, -0.25) is 4.98 Å². The summed E-state index contributed by atoms with van der Waals surface area (Å²) in [5, 5.41) is 0.803. The molecule has 11 heavy (non-hydrogen) atoms. The molecule has 1 aromatic rings. The molecule has 0 radical (unpaired) electrons. The predicted octanol–water partition coefficient (Wildman–Crippen LogP) is 2.80. The molecule has 1 nitrogen and oxygen atoms in total. The zero-order valence-corrected chi connectivity index (χ0v) is 8.06. The molecule has 58 valence electrons. The molecule has 0 aliphatic rings. The SMILES string of the molecule is C=C(CBr)c1ccc(C)nc1. The van der Waals surface area contributed by atoms with Gasteiger partial charge in [0, 0.05) is 17.2 Å². The highest BCUT2D eigenvalue weighted by Gasteiger charge is 1.95. The van der Waals surface area contributed by atoms with Crippen LogP contribution in [0.15, 0.2) is 24.9 Å². The van der Waals surface area contributed by atoms with Gasteiger partial charge in [-0.2, -0.15) is 0 Å². The van der Waals surface area contributed by atoms with Crippen molar-refractivity contribution < 1.29 is 0 Å². The van der Waals surface area contributed by atoms with Crippen molar-refractivity contribution in [3.63, 3.8) is 0 Å². The van der Waals surface area contributed by atoms with Gasteiger partial charge >= 0.3 is 0 Å². The van der Waals surface area contributed by atoms with Crippen molar-refractivity contribution in [2.24, 2.45) is 0 Å². The highest BCUT2D eigenvalue weighted by Crippen LogP contribution is 2.12. The number of hydrogen-bond donors (Lipinski definition) is 0. The molecule has 1 aromatic heterocycles. The third-order valence-corrected chi connectivity index (χ3v) is 2.16. The van der Waals surface area contributed by atoms with E-state index in [1.807, 2.05) is 25.3 Å². The maximum Gasteiger partial charge on any atom is 0.0373 e. The Labute approximate surface area is 75.3 Å². The van der Waals surface area contributed by atoms with Crippen LogP contribution < -0.4 is 0 Å². The Morgan fingerprint density at radius 3 is 2.82 bits per heavy atom. The Morgan fingerprint density at radius 2 is 2.36 bits per heavy atom. The number of alkyl halides is 1. The largest absolute Gasteiger partial charge is 0.261 e. The van der Waals surface area contributed by atoms with Crippen LogP contribution in [-0.2, 0) is 0 Å². The predicted molar refractivity (Wildman–Crippen MR) is 51.8 cm³/mol. The van der Waals surface area contributed by atoms with Gasteiger partial charge in [0.05, 0.1) is 0 Å². The molecule has 0 unspecified atom stereocenters. The normalized spacial score (nSPS) is 9.64. The van der Waals surface area contributed by atoms with E-state index >= 15 is 0 Å². The first kappa shape index (κ1) is 8.47. The van der Waals surface area contributed by atoms with Crippen LogP contribution in [0.3, 0.4) is 0 Å². The van der Waals surface area contributed by atoms with Crippen LogP contribution in [0.1, 0.15) is 11.3 Å². The maximum atomic E-state index is 4.17. The Kier molecular flexibility index (Phi) is 2.83. The monoisotopic (exact) mass is 211 g/mol. The minimum absolute atomic E-state index is 0.803. The molecule has 2 heteroatoms. The molecule has 0 bridgehead atoms. The van der Waals surface area contributed by atoms with E-state index in [2.05, 4.69) is 27.5 Å². The fraction of sp³-hybridized carbons (Fsp3) is 0.222. The molecule has 0 aliphatic carbocycles. The Morgan fingerprint density at radius 1 is 1.64 bits per heavy atom. The second-order valence-corrected chi connectivity index (χ2v) is 2.99. The average molecular weight is 212 g/mol. The van der Waals surface area contributed by atoms with Crippen molar-refractivity contribution in [2.45, 2.75) is 6.92 Å². The third-order valence-electron chi connectivity index (χ3n) is 1.48. The minimum atomic E-state index is 0.803. The van der Waals surface area contributed by atoms with Crippen LogP contribution >= 0.6 is 15.9 Å². The van der Waals surface area contributed by atoms with Gasteiger partial charge in [-0.25, -0.2) is 0 Å². The van der Waals surface area contributed by atoms with Gasteiger partial charge in [0.15, 0.2) is 0 Å². The van der Waals surface area contributed by atoms with E-state index in [4.69, 9.17) is 0 Å². The highest BCUT2D eigenvalue weighted by molar-refractivity contribution is 9.09. The number of hydrogen-bond acceptors (Lipinski definition) is 1. The summed E-state index contributed by atoms with van der Waals surface area (Å²) in [6.45, 7) is 5.86. The van der Waals surface area contributed by atoms with Gasteiger partial charge in [-0.15, -0.1) is 0 Å². The van der Waals surface area contributed by atoms with Gasteiger partial charge in [0.1, 0.15) is 0 Å². The quantitative estimate of drug-likeness (QED) is 0.687. The summed E-state index contributed by atoms with van der Waals surface area (Å²) in [5.74, 6) is 0. The lowest BCUT2D eigenvalue weighted by molar-refractivity contribution is 1.19. The van der Waals surface area contributed by atoms with Crippen molar-refractivity contribution in [1.82, 2.24) is 4.98 Å². The minimum Gasteiger partial charge on any atom is -0.261 e. The molecule has 0 N–H and O–H groups in total. The molecule has 0 fully saturated rings. The second kappa shape index (κ2) is 3.67. The number of halogens is 1. The summed E-state index contributed by atoms with van der Waals surface area (Å²) < 4.78 is 0. The maximum absolute atomic E-state index is 4.17. The molecule has 0 atom stereocenters. The molecular weight excluding hydrogens is 202 g/mol. The second-order valence-electron chi connectivity index (χ2n) is 2.43. The molecule has 0 amide bonds. The fourth-order valence-corrected chi connectivity index (χ4v) is 1.08. The summed E-state index contributed by atoms with van der Waals surface area (Å²) >= 11 is 3.34. The van der Waals surface area contributed by atoms with Crippen molar-refractivity contribution in [3.8, 4) is 0 Å². The van der Waals surface area contributed by atoms with Crippen LogP contribution in [0.2, 0.25) is 0 Å². The highest BCUT2D eigenvalue weighted by atomic mass is 79.9.